The fourth-order valence-corrected chi connectivity index (χ4v) is 8.78. The van der Waals surface area contributed by atoms with E-state index in [1.165, 1.54) is 23.7 Å². The molecule has 3 aliphatic carbocycles. The van der Waals surface area contributed by atoms with Gasteiger partial charge in [0, 0.05) is 0 Å². The van der Waals surface area contributed by atoms with Gasteiger partial charge in [0.2, 0.25) is 0 Å². The van der Waals surface area contributed by atoms with E-state index < -0.39 is 0 Å². The Bertz CT molecular complexity index is 682. The number of hydrogen-bond acceptors (Lipinski definition) is 1. The van der Waals surface area contributed by atoms with Crippen LogP contribution in [0.15, 0.2) is 35.4 Å². The van der Waals surface area contributed by atoms with Crippen molar-refractivity contribution in [1.29, 1.82) is 0 Å². The molecule has 0 spiro atoms. The summed E-state index contributed by atoms with van der Waals surface area (Å²) in [6, 6.07) is 10.8. The fraction of sp³-hybridized carbons (Fsp3) is 0.714. The topological polar surface area (TPSA) is 48.8 Å². The number of benzene rings is 1. The Morgan fingerprint density at radius 3 is 2.64 bits per heavy atom. The second-order valence-electron chi connectivity index (χ2n) is 9.13. The van der Waals surface area contributed by atoms with Gasteiger partial charge >= 0.3 is 158 Å². The van der Waals surface area contributed by atoms with Crippen molar-refractivity contribution >= 4 is 19.4 Å². The molecule has 1 aromatic carbocycles. The third kappa shape index (κ3) is 2.83. The quantitative estimate of drug-likeness (QED) is 0.287. The van der Waals surface area contributed by atoms with Gasteiger partial charge in [0.05, 0.1) is 0 Å². The third-order valence-corrected chi connectivity index (χ3v) is 10.3. The average molecular weight is 402 g/mol. The van der Waals surface area contributed by atoms with Crippen LogP contribution in [0.3, 0.4) is 0 Å². The van der Waals surface area contributed by atoms with Crippen LogP contribution in [-0.2, 0) is 0 Å². The summed E-state index contributed by atoms with van der Waals surface area (Å²) < 4.78 is 1.43. The van der Waals surface area contributed by atoms with Crippen molar-refractivity contribution < 1.29 is 0 Å². The molecule has 0 aliphatic heterocycles. The van der Waals surface area contributed by atoms with Crippen LogP contribution in [0.5, 0.6) is 0 Å². The first-order valence-electron chi connectivity index (χ1n) is 9.74. The molecule has 0 saturated heterocycles. The molecule has 1 aromatic rings. The minimum atomic E-state index is -0.135. The van der Waals surface area contributed by atoms with Gasteiger partial charge in [0.25, 0.3) is 0 Å². The average Bonchev–Trinajstić information content (AvgIpc) is 2.99. The number of azide groups is 1. The van der Waals surface area contributed by atoms with E-state index in [1.54, 1.807) is 0 Å². The van der Waals surface area contributed by atoms with E-state index in [1.807, 2.05) is 0 Å². The molecule has 0 unspecified atom stereocenters. The van der Waals surface area contributed by atoms with Crippen molar-refractivity contribution in [2.24, 2.45) is 40.1 Å². The summed E-state index contributed by atoms with van der Waals surface area (Å²) in [6.45, 7) is 7.39. The van der Waals surface area contributed by atoms with Gasteiger partial charge in [-0.15, -0.1) is 0 Å². The molecule has 0 radical (unpaired) electrons. The number of fused-ring (bicyclic) bond motifs is 3. The second-order valence-corrected chi connectivity index (χ2v) is 11.3. The van der Waals surface area contributed by atoms with E-state index in [9.17, 15) is 5.53 Å². The van der Waals surface area contributed by atoms with Crippen molar-refractivity contribution in [3.05, 3.63) is 40.8 Å². The third-order valence-electron chi connectivity index (χ3n) is 7.66. The molecule has 6 atom stereocenters. The summed E-state index contributed by atoms with van der Waals surface area (Å²) in [5.74, 6) is 3.85. The van der Waals surface area contributed by atoms with Gasteiger partial charge in [0.15, 0.2) is 0 Å². The molecule has 3 fully saturated rings. The Hall–Kier alpha value is -0.951. The molecular formula is C21H29N3Se. The van der Waals surface area contributed by atoms with Crippen LogP contribution in [0.2, 0.25) is 5.32 Å². The molecule has 4 heteroatoms. The van der Waals surface area contributed by atoms with Crippen LogP contribution >= 0.6 is 0 Å². The normalized spacial score (nSPS) is 41.2. The maximum atomic E-state index is 9.40. The number of nitrogens with zero attached hydrogens (tertiary/aromatic N) is 3. The van der Waals surface area contributed by atoms with E-state index in [4.69, 9.17) is 0 Å². The molecule has 0 heterocycles. The second kappa shape index (κ2) is 6.34. The van der Waals surface area contributed by atoms with Gasteiger partial charge in [-0.1, -0.05) is 0 Å². The first-order valence-corrected chi connectivity index (χ1v) is 11.8. The molecule has 0 aromatic heterocycles. The van der Waals surface area contributed by atoms with Crippen LogP contribution in [0.25, 0.3) is 10.4 Å². The first kappa shape index (κ1) is 17.5. The Labute approximate surface area is 157 Å². The van der Waals surface area contributed by atoms with E-state index in [0.717, 1.165) is 35.4 Å². The monoisotopic (exact) mass is 403 g/mol. The maximum absolute atomic E-state index is 9.40. The fourth-order valence-electron chi connectivity index (χ4n) is 6.29. The van der Waals surface area contributed by atoms with Crippen LogP contribution in [-0.4, -0.2) is 20.5 Å². The molecule has 25 heavy (non-hydrogen) atoms. The van der Waals surface area contributed by atoms with E-state index >= 15 is 0 Å². The van der Waals surface area contributed by atoms with Crippen LogP contribution in [0, 0.1) is 35.0 Å². The zero-order chi connectivity index (χ0) is 17.7. The summed E-state index contributed by atoms with van der Waals surface area (Å²) in [5.41, 5.74) is 9.78. The van der Waals surface area contributed by atoms with Crippen molar-refractivity contribution in [2.75, 3.05) is 0 Å². The van der Waals surface area contributed by atoms with Crippen molar-refractivity contribution in [3.63, 3.8) is 0 Å². The molecule has 4 rings (SSSR count). The SMILES string of the molecule is C[C@@H]1CC[C@@H]2[C@@H]1[C@H]1[C@@H](CC[C@]2(C[Se]c2ccccc2)N=[N+]=[N-])C1(C)C. The van der Waals surface area contributed by atoms with Gasteiger partial charge in [-0.2, -0.15) is 0 Å². The summed E-state index contributed by atoms with van der Waals surface area (Å²) in [4.78, 5) is 3.38. The molecule has 134 valence electrons. The predicted molar refractivity (Wildman–Crippen MR) is 104 cm³/mol. The number of rotatable bonds is 4. The van der Waals surface area contributed by atoms with Gasteiger partial charge in [-0.3, -0.25) is 0 Å². The van der Waals surface area contributed by atoms with Crippen molar-refractivity contribution in [2.45, 2.75) is 57.3 Å². The zero-order valence-corrected chi connectivity index (χ0v) is 17.3. The van der Waals surface area contributed by atoms with Crippen molar-refractivity contribution in [3.8, 4) is 0 Å². The molecule has 3 aliphatic rings. The molecule has 0 amide bonds. The Morgan fingerprint density at radius 2 is 1.92 bits per heavy atom. The standard InChI is InChI=1S/C21H29N3Se/c1-14-9-10-16-18(14)19-17(20(19,2)3)11-12-21(16,23-24-22)13-25-15-7-5-4-6-8-15/h4-8,14,16-19H,9-13H2,1-3H3/t14-,16-,17-,18-,19-,21-/m1/s1. The van der Waals surface area contributed by atoms with Gasteiger partial charge < -0.3 is 0 Å². The summed E-state index contributed by atoms with van der Waals surface area (Å²) in [6.07, 6.45) is 4.93. The van der Waals surface area contributed by atoms with E-state index in [-0.39, 0.29) is 5.54 Å². The summed E-state index contributed by atoms with van der Waals surface area (Å²) >= 11 is 0.385. The van der Waals surface area contributed by atoms with Gasteiger partial charge in [-0.25, -0.2) is 0 Å². The van der Waals surface area contributed by atoms with Gasteiger partial charge in [-0.05, 0) is 0 Å². The van der Waals surface area contributed by atoms with Crippen LogP contribution in [0.1, 0.15) is 46.5 Å². The van der Waals surface area contributed by atoms with Gasteiger partial charge in [0.1, 0.15) is 0 Å². The van der Waals surface area contributed by atoms with Crippen LogP contribution < -0.4 is 4.46 Å². The van der Waals surface area contributed by atoms with E-state index in [0.29, 0.717) is 26.3 Å². The van der Waals surface area contributed by atoms with E-state index in [2.05, 4.69) is 61.1 Å². The number of hydrogen-bond donors (Lipinski definition) is 0. The molecule has 0 N–H and O–H groups in total. The molecule has 3 saturated carbocycles. The zero-order valence-electron chi connectivity index (χ0n) is 15.6. The first-order chi connectivity index (χ1) is 12.0. The summed E-state index contributed by atoms with van der Waals surface area (Å²) in [7, 11) is 0. The summed E-state index contributed by atoms with van der Waals surface area (Å²) in [5, 5.41) is 5.64. The Morgan fingerprint density at radius 1 is 1.16 bits per heavy atom. The Balaban J connectivity index is 1.64. The minimum absolute atomic E-state index is 0.135. The van der Waals surface area contributed by atoms with Crippen LogP contribution in [0.4, 0.5) is 0 Å². The predicted octanol–water partition coefficient (Wildman–Crippen LogP) is 5.21. The van der Waals surface area contributed by atoms with Crippen molar-refractivity contribution in [1.82, 2.24) is 0 Å². The molecule has 3 nitrogen and oxygen atoms in total. The Kier molecular flexibility index (Phi) is 4.43. The molecular weight excluding hydrogens is 373 g/mol. The molecule has 0 bridgehead atoms.